The summed E-state index contributed by atoms with van der Waals surface area (Å²) in [5.41, 5.74) is 3.27. The van der Waals surface area contributed by atoms with Crippen LogP contribution >= 0.6 is 27.5 Å². The third kappa shape index (κ3) is 2.98. The van der Waals surface area contributed by atoms with Crippen molar-refractivity contribution in [3.63, 3.8) is 0 Å². The molecule has 0 fully saturated rings. The first kappa shape index (κ1) is 13.2. The second-order valence-electron chi connectivity index (χ2n) is 4.05. The average Bonchev–Trinajstić information content (AvgIpc) is 2.35. The first-order chi connectivity index (χ1) is 8.58. The van der Waals surface area contributed by atoms with Gasteiger partial charge in [0.05, 0.1) is 5.02 Å². The molecule has 0 heterocycles. The van der Waals surface area contributed by atoms with Gasteiger partial charge in [-0.15, -0.1) is 0 Å². The highest BCUT2D eigenvalue weighted by Crippen LogP contribution is 2.26. The number of phenolic OH excluding ortho intramolecular Hbond substituents is 1. The fourth-order valence-electron chi connectivity index (χ4n) is 1.66. The molecule has 0 aliphatic heterocycles. The third-order valence-electron chi connectivity index (χ3n) is 2.76. The minimum Gasteiger partial charge on any atom is -0.506 e. The van der Waals surface area contributed by atoms with Gasteiger partial charge in [0.1, 0.15) is 5.75 Å². The monoisotopic (exact) mass is 325 g/mol. The molecule has 2 aromatic rings. The van der Waals surface area contributed by atoms with E-state index >= 15 is 0 Å². The Morgan fingerprint density at radius 3 is 2.78 bits per heavy atom. The minimum atomic E-state index is 0.110. The predicted molar refractivity (Wildman–Crippen MR) is 79.3 cm³/mol. The maximum Gasteiger partial charge on any atom is 0.134 e. The summed E-state index contributed by atoms with van der Waals surface area (Å²) in [4.78, 5) is 0. The van der Waals surface area contributed by atoms with E-state index in [9.17, 15) is 5.11 Å². The molecule has 2 rings (SSSR count). The summed E-state index contributed by atoms with van der Waals surface area (Å²) in [7, 11) is 0. The van der Waals surface area contributed by atoms with Crippen molar-refractivity contribution in [1.29, 1.82) is 0 Å². The molecule has 2 aromatic carbocycles. The summed E-state index contributed by atoms with van der Waals surface area (Å²) in [5, 5.41) is 13.1. The number of phenols is 1. The van der Waals surface area contributed by atoms with Crippen molar-refractivity contribution in [1.82, 2.24) is 0 Å². The Morgan fingerprint density at radius 2 is 2.06 bits per heavy atom. The largest absolute Gasteiger partial charge is 0.506 e. The van der Waals surface area contributed by atoms with Crippen LogP contribution in [0.3, 0.4) is 0 Å². The number of hydrogen-bond acceptors (Lipinski definition) is 2. The van der Waals surface area contributed by atoms with Crippen molar-refractivity contribution in [3.8, 4) is 5.75 Å². The molecule has 0 saturated carbocycles. The summed E-state index contributed by atoms with van der Waals surface area (Å²) in [6.45, 7) is 2.72. The van der Waals surface area contributed by atoms with Crippen molar-refractivity contribution < 1.29 is 5.11 Å². The lowest BCUT2D eigenvalue weighted by molar-refractivity contribution is 0.475. The Hall–Kier alpha value is -1.19. The number of benzene rings is 2. The molecular weight excluding hydrogens is 314 g/mol. The van der Waals surface area contributed by atoms with Crippen LogP contribution in [0.25, 0.3) is 0 Å². The van der Waals surface area contributed by atoms with Gasteiger partial charge >= 0.3 is 0 Å². The lowest BCUT2D eigenvalue weighted by Crippen LogP contribution is -2.01. The topological polar surface area (TPSA) is 32.3 Å². The quantitative estimate of drug-likeness (QED) is 0.854. The fourth-order valence-corrected chi connectivity index (χ4v) is 2.23. The molecule has 18 heavy (non-hydrogen) atoms. The molecule has 0 spiro atoms. The summed E-state index contributed by atoms with van der Waals surface area (Å²) < 4.78 is 1.08. The zero-order valence-electron chi connectivity index (χ0n) is 9.87. The molecular formula is C14H13BrClNO. The lowest BCUT2D eigenvalue weighted by atomic mass is 10.1. The van der Waals surface area contributed by atoms with Crippen molar-refractivity contribution in [3.05, 3.63) is 57.0 Å². The standard InChI is InChI=1S/C14H13BrClNO/c1-9-11(15)3-2-4-13(9)17-8-10-5-6-14(18)12(16)7-10/h2-7,17-18H,8H2,1H3. The van der Waals surface area contributed by atoms with E-state index in [0.717, 1.165) is 15.7 Å². The summed E-state index contributed by atoms with van der Waals surface area (Å²) >= 11 is 9.37. The molecule has 0 unspecified atom stereocenters. The van der Waals surface area contributed by atoms with Crippen LogP contribution in [0, 0.1) is 6.92 Å². The van der Waals surface area contributed by atoms with E-state index in [4.69, 9.17) is 11.6 Å². The molecule has 94 valence electrons. The van der Waals surface area contributed by atoms with Crippen molar-refractivity contribution in [2.24, 2.45) is 0 Å². The van der Waals surface area contributed by atoms with Gasteiger partial charge in [-0.1, -0.05) is 39.7 Å². The van der Waals surface area contributed by atoms with E-state index in [1.165, 1.54) is 5.56 Å². The highest BCUT2D eigenvalue weighted by atomic mass is 79.9. The van der Waals surface area contributed by atoms with Gasteiger partial charge in [0.25, 0.3) is 0 Å². The van der Waals surface area contributed by atoms with E-state index in [-0.39, 0.29) is 5.75 Å². The SMILES string of the molecule is Cc1c(Br)cccc1NCc1ccc(O)c(Cl)c1. The summed E-state index contributed by atoms with van der Waals surface area (Å²) in [6.07, 6.45) is 0. The van der Waals surface area contributed by atoms with Gasteiger partial charge in [-0.25, -0.2) is 0 Å². The number of aromatic hydroxyl groups is 1. The Kier molecular flexibility index (Phi) is 4.15. The number of hydrogen-bond donors (Lipinski definition) is 2. The van der Waals surface area contributed by atoms with Crippen LogP contribution in [-0.4, -0.2) is 5.11 Å². The van der Waals surface area contributed by atoms with Crippen LogP contribution in [0.15, 0.2) is 40.9 Å². The molecule has 2 nitrogen and oxygen atoms in total. The Morgan fingerprint density at radius 1 is 1.28 bits per heavy atom. The number of halogens is 2. The van der Waals surface area contributed by atoms with Crippen LogP contribution in [0.5, 0.6) is 5.75 Å². The molecule has 0 amide bonds. The van der Waals surface area contributed by atoms with Gasteiger partial charge in [-0.2, -0.15) is 0 Å². The van der Waals surface area contributed by atoms with Crippen molar-refractivity contribution in [2.45, 2.75) is 13.5 Å². The average molecular weight is 327 g/mol. The second kappa shape index (κ2) is 5.63. The molecule has 2 N–H and O–H groups in total. The van der Waals surface area contributed by atoms with Gasteiger partial charge in [-0.05, 0) is 42.3 Å². The molecule has 0 radical (unpaired) electrons. The molecule has 0 bridgehead atoms. The Balaban J connectivity index is 2.11. The highest BCUT2D eigenvalue weighted by molar-refractivity contribution is 9.10. The fraction of sp³-hybridized carbons (Fsp3) is 0.143. The lowest BCUT2D eigenvalue weighted by Gasteiger charge is -2.11. The summed E-state index contributed by atoms with van der Waals surface area (Å²) in [5.74, 6) is 0.110. The highest BCUT2D eigenvalue weighted by Gasteiger charge is 2.03. The first-order valence-corrected chi connectivity index (χ1v) is 6.71. The Labute approximate surface area is 120 Å². The minimum absolute atomic E-state index is 0.110. The van der Waals surface area contributed by atoms with Crippen LogP contribution in [0.4, 0.5) is 5.69 Å². The molecule has 0 saturated heterocycles. The van der Waals surface area contributed by atoms with E-state index < -0.39 is 0 Å². The van der Waals surface area contributed by atoms with Gasteiger partial charge in [0.15, 0.2) is 0 Å². The van der Waals surface area contributed by atoms with Gasteiger partial charge in [0, 0.05) is 16.7 Å². The molecule has 0 aromatic heterocycles. The van der Waals surface area contributed by atoms with Crippen molar-refractivity contribution in [2.75, 3.05) is 5.32 Å². The zero-order valence-corrected chi connectivity index (χ0v) is 12.2. The molecule has 0 aliphatic rings. The van der Waals surface area contributed by atoms with Crippen LogP contribution in [0.2, 0.25) is 5.02 Å². The Bertz CT molecular complexity index is 572. The van der Waals surface area contributed by atoms with Gasteiger partial charge in [-0.3, -0.25) is 0 Å². The van der Waals surface area contributed by atoms with E-state index in [1.54, 1.807) is 12.1 Å². The van der Waals surface area contributed by atoms with Gasteiger partial charge < -0.3 is 10.4 Å². The number of anilines is 1. The molecule has 0 aliphatic carbocycles. The summed E-state index contributed by atoms with van der Waals surface area (Å²) in [6, 6.07) is 11.2. The number of rotatable bonds is 3. The normalized spacial score (nSPS) is 10.4. The zero-order chi connectivity index (χ0) is 13.1. The number of nitrogens with one attached hydrogen (secondary N) is 1. The van der Waals surface area contributed by atoms with Crippen molar-refractivity contribution >= 4 is 33.2 Å². The van der Waals surface area contributed by atoms with E-state index in [1.807, 2.05) is 24.3 Å². The predicted octanol–water partition coefficient (Wildman–Crippen LogP) is 4.73. The first-order valence-electron chi connectivity index (χ1n) is 5.54. The smallest absolute Gasteiger partial charge is 0.134 e. The molecule has 4 heteroatoms. The maximum absolute atomic E-state index is 9.35. The van der Waals surface area contributed by atoms with Crippen LogP contribution in [0.1, 0.15) is 11.1 Å². The van der Waals surface area contributed by atoms with Crippen LogP contribution < -0.4 is 5.32 Å². The second-order valence-corrected chi connectivity index (χ2v) is 5.31. The maximum atomic E-state index is 9.35. The van der Waals surface area contributed by atoms with Crippen LogP contribution in [-0.2, 0) is 6.54 Å². The molecule has 0 atom stereocenters. The third-order valence-corrected chi connectivity index (χ3v) is 3.92. The van der Waals surface area contributed by atoms with E-state index in [2.05, 4.69) is 28.2 Å². The van der Waals surface area contributed by atoms with E-state index in [0.29, 0.717) is 11.6 Å². The van der Waals surface area contributed by atoms with Gasteiger partial charge in [0.2, 0.25) is 0 Å².